The highest BCUT2D eigenvalue weighted by Crippen LogP contribution is 2.65. The summed E-state index contributed by atoms with van der Waals surface area (Å²) < 4.78 is 26.6. The van der Waals surface area contributed by atoms with Crippen LogP contribution in [0.1, 0.15) is 58.4 Å². The molecule has 4 rings (SSSR count). The van der Waals surface area contributed by atoms with Crippen molar-refractivity contribution in [2.45, 2.75) is 79.1 Å². The van der Waals surface area contributed by atoms with Crippen molar-refractivity contribution in [3.05, 3.63) is 33.2 Å². The zero-order valence-corrected chi connectivity index (χ0v) is 25.5. The molecule has 1 aromatic heterocycles. The molecule has 3 amide bonds. The number of nitrogens with one attached hydrogen (secondary N) is 3. The molecule has 2 aliphatic heterocycles. The minimum atomic E-state index is -3.71. The number of likely N-dealkylation sites (tertiary alicyclic amines) is 1. The third-order valence-electron chi connectivity index (χ3n) is 8.84. The number of piperidine rings is 1. The molecule has 3 N–H and O–H groups in total. The Bertz CT molecular complexity index is 1470. The number of amides is 3. The number of carbonyl (C=O) groups excluding carboxylic acids is 3. The largest absolute Gasteiger partial charge is 0.338 e. The Balaban J connectivity index is 1.54. The van der Waals surface area contributed by atoms with Gasteiger partial charge in [0.05, 0.1) is 18.9 Å². The average Bonchev–Trinajstić information content (AvgIpc) is 3.18. The average molecular weight is 589 g/mol. The van der Waals surface area contributed by atoms with Crippen molar-refractivity contribution in [3.63, 3.8) is 0 Å². The van der Waals surface area contributed by atoms with Crippen molar-refractivity contribution < 1.29 is 22.8 Å². The van der Waals surface area contributed by atoms with Crippen molar-refractivity contribution in [2.75, 3.05) is 19.3 Å². The van der Waals surface area contributed by atoms with Gasteiger partial charge in [0.1, 0.15) is 18.1 Å². The topological polar surface area (TPSA) is 173 Å². The van der Waals surface area contributed by atoms with Crippen LogP contribution in [0.25, 0.3) is 0 Å². The number of sulfonamides is 1. The Morgan fingerprint density at radius 1 is 1.27 bits per heavy atom. The Kier molecular flexibility index (Phi) is 7.90. The molecule has 0 bridgehead atoms. The van der Waals surface area contributed by atoms with Gasteiger partial charge in [0, 0.05) is 37.7 Å². The van der Waals surface area contributed by atoms with Crippen LogP contribution in [0.3, 0.4) is 0 Å². The first-order valence-electron chi connectivity index (χ1n) is 13.8. The van der Waals surface area contributed by atoms with Crippen LogP contribution in [0.4, 0.5) is 0 Å². The Hall–Kier alpha value is -3.24. The summed E-state index contributed by atoms with van der Waals surface area (Å²) >= 11 is 0. The lowest BCUT2D eigenvalue weighted by Gasteiger charge is -2.37. The van der Waals surface area contributed by atoms with Gasteiger partial charge in [-0.05, 0) is 40.7 Å². The van der Waals surface area contributed by atoms with Gasteiger partial charge in [0.15, 0.2) is 0 Å². The van der Waals surface area contributed by atoms with Crippen molar-refractivity contribution in [2.24, 2.45) is 22.7 Å². The van der Waals surface area contributed by atoms with E-state index in [1.54, 1.807) is 31.7 Å². The van der Waals surface area contributed by atoms with Gasteiger partial charge < -0.3 is 20.1 Å². The first-order valence-corrected chi connectivity index (χ1v) is 15.7. The quantitative estimate of drug-likeness (QED) is 0.410. The maximum Gasteiger partial charge on any atom is 0.251 e. The highest BCUT2D eigenvalue weighted by atomic mass is 32.2. The van der Waals surface area contributed by atoms with E-state index in [4.69, 9.17) is 0 Å². The molecule has 3 aliphatic rings. The fourth-order valence-electron chi connectivity index (χ4n) is 6.37. The number of rotatable bonds is 7. The van der Waals surface area contributed by atoms with Crippen LogP contribution in [0, 0.1) is 34.0 Å². The predicted molar refractivity (Wildman–Crippen MR) is 151 cm³/mol. The molecular weight excluding hydrogens is 548 g/mol. The first-order chi connectivity index (χ1) is 18.8. The van der Waals surface area contributed by atoms with Gasteiger partial charge in [0.25, 0.3) is 5.56 Å². The summed E-state index contributed by atoms with van der Waals surface area (Å²) in [6.45, 7) is 11.9. The fourth-order valence-corrected chi connectivity index (χ4v) is 7.25. The van der Waals surface area contributed by atoms with Crippen LogP contribution in [-0.2, 0) is 43.8 Å². The SMILES string of the molecule is CC(=O)N1CCc2cc(CC(C#N)NC(=O)[C@@H]3[C@H]4[C@H](CN3C(=O)[C@@H](NS(C)(=O)=O)C(C)(C)C)C4(C)C)c(=O)[nH]c2C1. The summed E-state index contributed by atoms with van der Waals surface area (Å²) in [4.78, 5) is 57.9. The molecule has 0 spiro atoms. The van der Waals surface area contributed by atoms with E-state index in [1.807, 2.05) is 13.8 Å². The summed E-state index contributed by atoms with van der Waals surface area (Å²) in [5.74, 6) is -1.12. The Morgan fingerprint density at radius 3 is 2.49 bits per heavy atom. The van der Waals surface area contributed by atoms with Gasteiger partial charge in [-0.15, -0.1) is 0 Å². The van der Waals surface area contributed by atoms with Gasteiger partial charge in [-0.1, -0.05) is 34.6 Å². The van der Waals surface area contributed by atoms with Gasteiger partial charge in [-0.2, -0.15) is 5.26 Å². The minimum Gasteiger partial charge on any atom is -0.338 e. The predicted octanol–water partition coefficient (Wildman–Crippen LogP) is 0.277. The lowest BCUT2D eigenvalue weighted by Crippen LogP contribution is -2.59. The third kappa shape index (κ3) is 6.18. The number of nitrogens with zero attached hydrogens (tertiary/aromatic N) is 3. The molecule has 1 saturated carbocycles. The van der Waals surface area contributed by atoms with Crippen LogP contribution >= 0.6 is 0 Å². The summed E-state index contributed by atoms with van der Waals surface area (Å²) in [6.07, 6.45) is 1.53. The molecule has 41 heavy (non-hydrogen) atoms. The maximum absolute atomic E-state index is 13.7. The van der Waals surface area contributed by atoms with Gasteiger partial charge in [-0.25, -0.2) is 13.1 Å². The standard InChI is InChI=1S/C28H40N6O6S/c1-15(35)33-9-8-16-10-17(24(36)31-20(16)14-33)11-18(12-29)30-25(37)22-21-19(28(21,5)6)13-34(22)26(38)23(27(2,3)4)32-41(7,39)40/h10,18-19,21-23,32H,8-9,11,13-14H2,1-7H3,(H,30,37)(H,31,36)/t18?,19-,21+,22-,23+/m0/s1. The highest BCUT2D eigenvalue weighted by molar-refractivity contribution is 7.88. The fraction of sp³-hybridized carbons (Fsp3) is 0.679. The molecule has 13 heteroatoms. The minimum absolute atomic E-state index is 0.0281. The molecule has 2 fully saturated rings. The number of carbonyl (C=O) groups is 3. The molecule has 1 aliphatic carbocycles. The van der Waals surface area contributed by atoms with E-state index >= 15 is 0 Å². The maximum atomic E-state index is 13.7. The molecule has 12 nitrogen and oxygen atoms in total. The number of fused-ring (bicyclic) bond motifs is 2. The van der Waals surface area contributed by atoms with Gasteiger partial charge >= 0.3 is 0 Å². The van der Waals surface area contributed by atoms with Crippen molar-refractivity contribution in [1.29, 1.82) is 5.26 Å². The van der Waals surface area contributed by atoms with Crippen molar-refractivity contribution in [1.82, 2.24) is 24.8 Å². The Morgan fingerprint density at radius 2 is 1.93 bits per heavy atom. The van der Waals surface area contributed by atoms with Crippen LogP contribution in [-0.4, -0.2) is 78.4 Å². The van der Waals surface area contributed by atoms with E-state index in [2.05, 4.69) is 21.1 Å². The number of aromatic nitrogens is 1. The summed E-state index contributed by atoms with van der Waals surface area (Å²) in [5.41, 5.74) is 0.572. The molecule has 5 atom stereocenters. The summed E-state index contributed by atoms with van der Waals surface area (Å²) in [5, 5.41) is 12.7. The smallest absolute Gasteiger partial charge is 0.251 e. The van der Waals surface area contributed by atoms with E-state index in [1.165, 1.54) is 11.8 Å². The number of pyridine rings is 1. The second-order valence-corrected chi connectivity index (χ2v) is 15.1. The zero-order valence-electron chi connectivity index (χ0n) is 24.7. The highest BCUT2D eigenvalue weighted by Gasteiger charge is 2.69. The van der Waals surface area contributed by atoms with Gasteiger partial charge in [-0.3, -0.25) is 19.2 Å². The van der Waals surface area contributed by atoms with E-state index in [0.717, 1.165) is 11.8 Å². The normalized spacial score (nSPS) is 24.5. The monoisotopic (exact) mass is 588 g/mol. The molecule has 0 radical (unpaired) electrons. The van der Waals surface area contributed by atoms with E-state index in [0.29, 0.717) is 37.3 Å². The van der Waals surface area contributed by atoms with Crippen molar-refractivity contribution in [3.8, 4) is 6.07 Å². The molecule has 1 aromatic rings. The number of aromatic amines is 1. The van der Waals surface area contributed by atoms with E-state index in [9.17, 15) is 32.9 Å². The molecule has 0 aromatic carbocycles. The number of hydrogen-bond donors (Lipinski definition) is 3. The number of nitriles is 1. The van der Waals surface area contributed by atoms with E-state index < -0.39 is 45.4 Å². The molecule has 1 unspecified atom stereocenters. The second-order valence-electron chi connectivity index (χ2n) is 13.3. The number of hydrogen-bond acceptors (Lipinski definition) is 7. The molecular formula is C28H40N6O6S. The van der Waals surface area contributed by atoms with E-state index in [-0.39, 0.29) is 35.1 Å². The third-order valence-corrected chi connectivity index (χ3v) is 9.50. The summed E-state index contributed by atoms with van der Waals surface area (Å²) in [6, 6.07) is 0.836. The van der Waals surface area contributed by atoms with Crippen LogP contribution < -0.4 is 15.6 Å². The Labute approximate surface area is 240 Å². The molecule has 3 heterocycles. The van der Waals surface area contributed by atoms with Gasteiger partial charge in [0.2, 0.25) is 27.7 Å². The van der Waals surface area contributed by atoms with Crippen LogP contribution in [0.5, 0.6) is 0 Å². The van der Waals surface area contributed by atoms with Crippen LogP contribution in [0.15, 0.2) is 10.9 Å². The van der Waals surface area contributed by atoms with Crippen LogP contribution in [0.2, 0.25) is 0 Å². The zero-order chi connectivity index (χ0) is 30.7. The summed E-state index contributed by atoms with van der Waals surface area (Å²) in [7, 11) is -3.71. The lowest BCUT2D eigenvalue weighted by molar-refractivity contribution is -0.143. The molecule has 224 valence electrons. The number of H-pyrrole nitrogens is 1. The second kappa shape index (κ2) is 10.5. The van der Waals surface area contributed by atoms with Crippen molar-refractivity contribution >= 4 is 27.7 Å². The first kappa shape index (κ1) is 30.7. The molecule has 1 saturated heterocycles. The lowest BCUT2D eigenvalue weighted by atomic mass is 9.86.